The Kier molecular flexibility index (Phi) is 7.84. The quantitative estimate of drug-likeness (QED) is 0.647. The van der Waals surface area contributed by atoms with E-state index >= 15 is 0 Å². The summed E-state index contributed by atoms with van der Waals surface area (Å²) in [7, 11) is 0. The van der Waals surface area contributed by atoms with Crippen LogP contribution in [0.25, 0.3) is 0 Å². The maximum absolute atomic E-state index is 4.31. The first kappa shape index (κ1) is 12.9. The molecule has 0 aromatic carbocycles. The second-order valence-electron chi connectivity index (χ2n) is 3.23. The maximum atomic E-state index is 4.31. The summed E-state index contributed by atoms with van der Waals surface area (Å²) in [4.78, 5) is 4.31. The highest BCUT2D eigenvalue weighted by Crippen LogP contribution is 2.09. The van der Waals surface area contributed by atoms with E-state index in [-0.39, 0.29) is 0 Å². The van der Waals surface area contributed by atoms with Crippen molar-refractivity contribution >= 4 is 23.5 Å². The fourth-order valence-electron chi connectivity index (χ4n) is 1.23. The van der Waals surface area contributed by atoms with E-state index in [0.29, 0.717) is 0 Å². The van der Waals surface area contributed by atoms with Gasteiger partial charge in [0, 0.05) is 11.9 Å². The van der Waals surface area contributed by atoms with E-state index in [2.05, 4.69) is 24.0 Å². The van der Waals surface area contributed by atoms with Crippen molar-refractivity contribution in [2.45, 2.75) is 19.8 Å². The Hall–Kier alpha value is -0.150. The van der Waals surface area contributed by atoms with Gasteiger partial charge in [0.05, 0.1) is 0 Å². The highest BCUT2D eigenvalue weighted by atomic mass is 32.2. The molecule has 0 aliphatic heterocycles. The molecule has 1 aromatic heterocycles. The zero-order valence-electron chi connectivity index (χ0n) is 9.32. The Morgan fingerprint density at radius 3 is 2.73 bits per heavy atom. The number of rotatable bonds is 8. The SMILES string of the molecule is CCSCCCSCCc1ccccn1. The zero-order chi connectivity index (χ0) is 10.8. The van der Waals surface area contributed by atoms with E-state index in [1.165, 1.54) is 35.1 Å². The minimum absolute atomic E-state index is 1.10. The van der Waals surface area contributed by atoms with Crippen molar-refractivity contribution in [3.05, 3.63) is 30.1 Å². The predicted molar refractivity (Wildman–Crippen MR) is 72.9 cm³/mol. The van der Waals surface area contributed by atoms with E-state index in [0.717, 1.165) is 6.42 Å². The van der Waals surface area contributed by atoms with Crippen molar-refractivity contribution in [2.75, 3.05) is 23.0 Å². The summed E-state index contributed by atoms with van der Waals surface area (Å²) in [5, 5.41) is 0. The first-order valence-corrected chi connectivity index (χ1v) is 7.80. The fraction of sp³-hybridized carbons (Fsp3) is 0.583. The van der Waals surface area contributed by atoms with E-state index < -0.39 is 0 Å². The van der Waals surface area contributed by atoms with Crippen LogP contribution in [0.2, 0.25) is 0 Å². The smallest absolute Gasteiger partial charge is 0.0411 e. The van der Waals surface area contributed by atoms with Crippen LogP contribution in [0.4, 0.5) is 0 Å². The van der Waals surface area contributed by atoms with Crippen LogP contribution < -0.4 is 0 Å². The molecular formula is C12H19NS2. The molecule has 0 amide bonds. The van der Waals surface area contributed by atoms with Gasteiger partial charge in [0.25, 0.3) is 0 Å². The molecule has 0 spiro atoms. The first-order chi connectivity index (χ1) is 7.43. The van der Waals surface area contributed by atoms with Gasteiger partial charge in [-0.2, -0.15) is 23.5 Å². The Morgan fingerprint density at radius 1 is 1.13 bits per heavy atom. The minimum atomic E-state index is 1.10. The molecular weight excluding hydrogens is 222 g/mol. The molecule has 0 fully saturated rings. The Labute approximate surface area is 101 Å². The number of hydrogen-bond donors (Lipinski definition) is 0. The molecule has 0 atom stereocenters. The topological polar surface area (TPSA) is 12.9 Å². The third-order valence-electron chi connectivity index (χ3n) is 2.01. The molecule has 0 radical (unpaired) electrons. The molecule has 3 heteroatoms. The largest absolute Gasteiger partial charge is 0.261 e. The van der Waals surface area contributed by atoms with Crippen molar-refractivity contribution < 1.29 is 0 Å². The number of hydrogen-bond acceptors (Lipinski definition) is 3. The van der Waals surface area contributed by atoms with E-state index in [1.807, 2.05) is 35.8 Å². The van der Waals surface area contributed by atoms with Crippen LogP contribution in [0.5, 0.6) is 0 Å². The number of aryl methyl sites for hydroxylation is 1. The summed E-state index contributed by atoms with van der Waals surface area (Å²) in [5.41, 5.74) is 1.22. The lowest BCUT2D eigenvalue weighted by Crippen LogP contribution is -1.93. The average Bonchev–Trinajstić information content (AvgIpc) is 2.29. The third-order valence-corrected chi connectivity index (χ3v) is 4.07. The van der Waals surface area contributed by atoms with Crippen LogP contribution in [0, 0.1) is 0 Å². The lowest BCUT2D eigenvalue weighted by molar-refractivity contribution is 1.04. The van der Waals surface area contributed by atoms with E-state index in [1.54, 1.807) is 0 Å². The lowest BCUT2D eigenvalue weighted by Gasteiger charge is -2.01. The molecule has 1 aromatic rings. The Balaban J connectivity index is 1.93. The van der Waals surface area contributed by atoms with Crippen LogP contribution in [-0.2, 0) is 6.42 Å². The fourth-order valence-corrected chi connectivity index (χ4v) is 2.96. The first-order valence-electron chi connectivity index (χ1n) is 5.49. The van der Waals surface area contributed by atoms with Gasteiger partial charge in [-0.1, -0.05) is 13.0 Å². The van der Waals surface area contributed by atoms with Crippen molar-refractivity contribution in [2.24, 2.45) is 0 Å². The van der Waals surface area contributed by atoms with Crippen LogP contribution in [0.3, 0.4) is 0 Å². The molecule has 84 valence electrons. The van der Waals surface area contributed by atoms with Gasteiger partial charge in [-0.3, -0.25) is 4.98 Å². The van der Waals surface area contributed by atoms with Crippen LogP contribution >= 0.6 is 23.5 Å². The molecule has 0 saturated heterocycles. The highest BCUT2D eigenvalue weighted by molar-refractivity contribution is 8.00. The van der Waals surface area contributed by atoms with E-state index in [9.17, 15) is 0 Å². The number of pyridine rings is 1. The molecule has 1 rings (SSSR count). The van der Waals surface area contributed by atoms with Gasteiger partial charge >= 0.3 is 0 Å². The van der Waals surface area contributed by atoms with Crippen LogP contribution in [-0.4, -0.2) is 28.0 Å². The summed E-state index contributed by atoms with van der Waals surface area (Å²) in [6.07, 6.45) is 4.32. The van der Waals surface area contributed by atoms with E-state index in [4.69, 9.17) is 0 Å². The molecule has 0 unspecified atom stereocenters. The lowest BCUT2D eigenvalue weighted by atomic mass is 10.3. The van der Waals surface area contributed by atoms with Crippen molar-refractivity contribution in [1.29, 1.82) is 0 Å². The molecule has 0 aliphatic carbocycles. The Morgan fingerprint density at radius 2 is 2.00 bits per heavy atom. The molecule has 0 bridgehead atoms. The van der Waals surface area contributed by atoms with Crippen molar-refractivity contribution in [3.8, 4) is 0 Å². The molecule has 1 nitrogen and oxygen atoms in total. The van der Waals surface area contributed by atoms with Gasteiger partial charge in [0.15, 0.2) is 0 Å². The summed E-state index contributed by atoms with van der Waals surface area (Å²) < 4.78 is 0. The van der Waals surface area contributed by atoms with Crippen molar-refractivity contribution in [1.82, 2.24) is 4.98 Å². The van der Waals surface area contributed by atoms with Crippen LogP contribution in [0.15, 0.2) is 24.4 Å². The van der Waals surface area contributed by atoms with Gasteiger partial charge in [-0.15, -0.1) is 0 Å². The predicted octanol–water partition coefficient (Wildman–Crippen LogP) is 3.50. The molecule has 0 aliphatic rings. The van der Waals surface area contributed by atoms with Gasteiger partial charge in [0.1, 0.15) is 0 Å². The molecule has 0 saturated carbocycles. The summed E-state index contributed by atoms with van der Waals surface area (Å²) in [6, 6.07) is 6.14. The second kappa shape index (κ2) is 9.10. The third kappa shape index (κ3) is 6.85. The summed E-state index contributed by atoms with van der Waals surface area (Å²) >= 11 is 4.08. The van der Waals surface area contributed by atoms with Crippen LogP contribution in [0.1, 0.15) is 19.0 Å². The van der Waals surface area contributed by atoms with Gasteiger partial charge in [-0.25, -0.2) is 0 Å². The van der Waals surface area contributed by atoms with Crippen molar-refractivity contribution in [3.63, 3.8) is 0 Å². The van der Waals surface area contributed by atoms with Gasteiger partial charge in [0.2, 0.25) is 0 Å². The molecule has 0 N–H and O–H groups in total. The minimum Gasteiger partial charge on any atom is -0.261 e. The Bertz CT molecular complexity index is 239. The normalized spacial score (nSPS) is 10.5. The zero-order valence-corrected chi connectivity index (χ0v) is 10.9. The average molecular weight is 241 g/mol. The number of nitrogens with zero attached hydrogens (tertiary/aromatic N) is 1. The monoisotopic (exact) mass is 241 g/mol. The second-order valence-corrected chi connectivity index (χ2v) is 5.85. The van der Waals surface area contributed by atoms with Gasteiger partial charge < -0.3 is 0 Å². The highest BCUT2D eigenvalue weighted by Gasteiger charge is 1.94. The standard InChI is InChI=1S/C12H19NS2/c1-2-14-9-5-10-15-11-7-12-6-3-4-8-13-12/h3-4,6,8H,2,5,7,9-11H2,1H3. The van der Waals surface area contributed by atoms with Gasteiger partial charge in [-0.05, 0) is 48.0 Å². The summed E-state index contributed by atoms with van der Waals surface area (Å²) in [6.45, 7) is 2.22. The molecule has 1 heterocycles. The molecule has 15 heavy (non-hydrogen) atoms. The number of aromatic nitrogens is 1. The summed E-state index contributed by atoms with van der Waals surface area (Å²) in [5.74, 6) is 5.05. The maximum Gasteiger partial charge on any atom is 0.0411 e. The number of thioether (sulfide) groups is 2.